The number of hydrogen-bond acceptors (Lipinski definition) is 2. The van der Waals surface area contributed by atoms with E-state index in [0.29, 0.717) is 23.1 Å². The Morgan fingerprint density at radius 2 is 2.18 bits per heavy atom. The Morgan fingerprint density at radius 3 is 2.82 bits per heavy atom. The number of halogens is 2. The van der Waals surface area contributed by atoms with Crippen LogP contribution in [-0.4, -0.2) is 23.4 Å². The standard InChI is InChI=1S/C12H14Cl2N2O/c1-7(15)12(17)16-5-4-9-8(6-16)2-3-10(13)11(9)14/h2-3,7H,4-6,15H2,1H3/t7-/m1/s1. The van der Waals surface area contributed by atoms with E-state index in [-0.39, 0.29) is 5.91 Å². The van der Waals surface area contributed by atoms with E-state index in [1.54, 1.807) is 17.9 Å². The SMILES string of the molecule is C[C@@H](N)C(=O)N1CCc2c(ccc(Cl)c2Cl)C1. The summed E-state index contributed by atoms with van der Waals surface area (Å²) in [6.07, 6.45) is 0.729. The first-order valence-electron chi connectivity index (χ1n) is 5.51. The molecule has 17 heavy (non-hydrogen) atoms. The maximum atomic E-state index is 11.8. The number of carbonyl (C=O) groups excluding carboxylic acids is 1. The van der Waals surface area contributed by atoms with E-state index in [4.69, 9.17) is 28.9 Å². The van der Waals surface area contributed by atoms with Crippen molar-refractivity contribution >= 4 is 29.1 Å². The van der Waals surface area contributed by atoms with Gasteiger partial charge in [0.2, 0.25) is 5.91 Å². The molecule has 5 heteroatoms. The van der Waals surface area contributed by atoms with Gasteiger partial charge in [-0.15, -0.1) is 0 Å². The molecule has 0 radical (unpaired) electrons. The van der Waals surface area contributed by atoms with Crippen molar-refractivity contribution in [3.8, 4) is 0 Å². The lowest BCUT2D eigenvalue weighted by Crippen LogP contribution is -2.44. The molecule has 2 rings (SSSR count). The van der Waals surface area contributed by atoms with Gasteiger partial charge >= 0.3 is 0 Å². The van der Waals surface area contributed by atoms with Crippen LogP contribution in [0.3, 0.4) is 0 Å². The highest BCUT2D eigenvalue weighted by Gasteiger charge is 2.24. The smallest absolute Gasteiger partial charge is 0.239 e. The predicted molar refractivity (Wildman–Crippen MR) is 69.2 cm³/mol. The molecule has 1 amide bonds. The second-order valence-corrected chi connectivity index (χ2v) is 5.08. The maximum absolute atomic E-state index is 11.8. The van der Waals surface area contributed by atoms with Crippen molar-refractivity contribution in [1.82, 2.24) is 4.90 Å². The summed E-state index contributed by atoms with van der Waals surface area (Å²) in [4.78, 5) is 13.6. The average molecular weight is 273 g/mol. The molecule has 1 aliphatic rings. The highest BCUT2D eigenvalue weighted by Crippen LogP contribution is 2.32. The van der Waals surface area contributed by atoms with Crippen molar-refractivity contribution in [3.05, 3.63) is 33.3 Å². The molecule has 1 aliphatic heterocycles. The summed E-state index contributed by atoms with van der Waals surface area (Å²) in [5.41, 5.74) is 7.71. The van der Waals surface area contributed by atoms with Gasteiger partial charge in [0, 0.05) is 13.1 Å². The number of hydrogen-bond donors (Lipinski definition) is 1. The van der Waals surface area contributed by atoms with Crippen LogP contribution in [0.25, 0.3) is 0 Å². The van der Waals surface area contributed by atoms with Crippen LogP contribution in [0.5, 0.6) is 0 Å². The monoisotopic (exact) mass is 272 g/mol. The molecule has 0 saturated carbocycles. The van der Waals surface area contributed by atoms with Crippen LogP contribution in [0.1, 0.15) is 18.1 Å². The summed E-state index contributed by atoms with van der Waals surface area (Å²) in [6, 6.07) is 3.23. The average Bonchev–Trinajstić information content (AvgIpc) is 2.32. The Balaban J connectivity index is 2.26. The van der Waals surface area contributed by atoms with Gasteiger partial charge in [-0.05, 0) is 30.5 Å². The molecule has 2 N–H and O–H groups in total. The van der Waals surface area contributed by atoms with Crippen molar-refractivity contribution in [3.63, 3.8) is 0 Å². The van der Waals surface area contributed by atoms with Gasteiger partial charge in [-0.1, -0.05) is 29.3 Å². The third-order valence-corrected chi connectivity index (χ3v) is 3.83. The summed E-state index contributed by atoms with van der Waals surface area (Å²) < 4.78 is 0. The zero-order chi connectivity index (χ0) is 12.6. The van der Waals surface area contributed by atoms with Gasteiger partial charge in [-0.25, -0.2) is 0 Å². The molecule has 1 atom stereocenters. The van der Waals surface area contributed by atoms with Gasteiger partial charge in [-0.3, -0.25) is 4.79 Å². The lowest BCUT2D eigenvalue weighted by molar-refractivity contribution is -0.133. The first-order chi connectivity index (χ1) is 8.00. The fourth-order valence-corrected chi connectivity index (χ4v) is 2.51. The molecule has 0 bridgehead atoms. The van der Waals surface area contributed by atoms with Crippen LogP contribution >= 0.6 is 23.2 Å². The van der Waals surface area contributed by atoms with E-state index in [0.717, 1.165) is 17.5 Å². The van der Waals surface area contributed by atoms with E-state index < -0.39 is 6.04 Å². The third-order valence-electron chi connectivity index (χ3n) is 2.99. The molecule has 1 aromatic carbocycles. The lowest BCUT2D eigenvalue weighted by atomic mass is 9.99. The first-order valence-corrected chi connectivity index (χ1v) is 6.26. The molecule has 3 nitrogen and oxygen atoms in total. The van der Waals surface area contributed by atoms with Crippen molar-refractivity contribution in [2.45, 2.75) is 25.9 Å². The second kappa shape index (κ2) is 4.84. The summed E-state index contributed by atoms with van der Waals surface area (Å²) in [6.45, 7) is 2.91. The number of fused-ring (bicyclic) bond motifs is 1. The molecule has 0 aromatic heterocycles. The van der Waals surface area contributed by atoms with E-state index >= 15 is 0 Å². The van der Waals surface area contributed by atoms with Gasteiger partial charge < -0.3 is 10.6 Å². The number of benzene rings is 1. The topological polar surface area (TPSA) is 46.3 Å². The molecule has 1 heterocycles. The minimum atomic E-state index is -0.459. The van der Waals surface area contributed by atoms with Crippen molar-refractivity contribution in [2.75, 3.05) is 6.54 Å². The molecule has 1 aromatic rings. The Hall–Kier alpha value is -0.770. The van der Waals surface area contributed by atoms with Crippen molar-refractivity contribution in [1.29, 1.82) is 0 Å². The molecular formula is C12H14Cl2N2O. The highest BCUT2D eigenvalue weighted by atomic mass is 35.5. The van der Waals surface area contributed by atoms with Crippen molar-refractivity contribution in [2.24, 2.45) is 5.73 Å². The number of rotatable bonds is 1. The molecule has 0 unspecified atom stereocenters. The minimum Gasteiger partial charge on any atom is -0.337 e. The van der Waals surface area contributed by atoms with Gasteiger partial charge in [-0.2, -0.15) is 0 Å². The molecular weight excluding hydrogens is 259 g/mol. The van der Waals surface area contributed by atoms with Crippen LogP contribution in [0.15, 0.2) is 12.1 Å². The minimum absolute atomic E-state index is 0.0262. The van der Waals surface area contributed by atoms with Crippen LogP contribution in [-0.2, 0) is 17.8 Å². The Bertz CT molecular complexity index is 460. The fraction of sp³-hybridized carbons (Fsp3) is 0.417. The zero-order valence-corrected chi connectivity index (χ0v) is 11.1. The van der Waals surface area contributed by atoms with Crippen LogP contribution in [0.4, 0.5) is 0 Å². The Morgan fingerprint density at radius 1 is 1.47 bits per heavy atom. The van der Waals surface area contributed by atoms with Gasteiger partial charge in [0.1, 0.15) is 0 Å². The summed E-state index contributed by atoms with van der Waals surface area (Å²) in [7, 11) is 0. The quantitative estimate of drug-likeness (QED) is 0.852. The Labute approximate surface area is 110 Å². The first kappa shape index (κ1) is 12.7. The van der Waals surface area contributed by atoms with Crippen LogP contribution in [0, 0.1) is 0 Å². The maximum Gasteiger partial charge on any atom is 0.239 e. The van der Waals surface area contributed by atoms with Crippen LogP contribution in [0.2, 0.25) is 10.0 Å². The number of carbonyl (C=O) groups is 1. The van der Waals surface area contributed by atoms with E-state index in [2.05, 4.69) is 0 Å². The van der Waals surface area contributed by atoms with E-state index in [1.165, 1.54) is 0 Å². The van der Waals surface area contributed by atoms with E-state index in [1.807, 2.05) is 6.07 Å². The number of nitrogens with zero attached hydrogens (tertiary/aromatic N) is 1. The molecule has 0 fully saturated rings. The molecule has 0 spiro atoms. The largest absolute Gasteiger partial charge is 0.337 e. The zero-order valence-electron chi connectivity index (χ0n) is 9.54. The Kier molecular flexibility index (Phi) is 3.61. The third kappa shape index (κ3) is 2.41. The summed E-state index contributed by atoms with van der Waals surface area (Å²) >= 11 is 12.1. The van der Waals surface area contributed by atoms with Crippen LogP contribution < -0.4 is 5.73 Å². The highest BCUT2D eigenvalue weighted by molar-refractivity contribution is 6.42. The summed E-state index contributed by atoms with van der Waals surface area (Å²) in [5, 5.41) is 1.18. The van der Waals surface area contributed by atoms with Gasteiger partial charge in [0.25, 0.3) is 0 Å². The number of amides is 1. The molecule has 92 valence electrons. The second-order valence-electron chi connectivity index (χ2n) is 4.30. The van der Waals surface area contributed by atoms with Gasteiger partial charge in [0.15, 0.2) is 0 Å². The van der Waals surface area contributed by atoms with Crippen molar-refractivity contribution < 1.29 is 4.79 Å². The fourth-order valence-electron chi connectivity index (χ4n) is 2.06. The lowest BCUT2D eigenvalue weighted by Gasteiger charge is -2.30. The van der Waals surface area contributed by atoms with E-state index in [9.17, 15) is 4.79 Å². The molecule has 0 aliphatic carbocycles. The molecule has 0 saturated heterocycles. The normalized spacial score (nSPS) is 16.6. The summed E-state index contributed by atoms with van der Waals surface area (Å²) in [5.74, 6) is -0.0262. The number of nitrogens with two attached hydrogens (primary N) is 1. The predicted octanol–water partition coefficient (Wildman–Crippen LogP) is 2.23. The van der Waals surface area contributed by atoms with Gasteiger partial charge in [0.05, 0.1) is 16.1 Å².